The molecule has 0 aromatic heterocycles. The summed E-state index contributed by atoms with van der Waals surface area (Å²) in [6.45, 7) is 2.65. The average Bonchev–Trinajstić information content (AvgIpc) is 3.41. The molecule has 1 aliphatic carbocycles. The third-order valence-corrected chi connectivity index (χ3v) is 5.07. The number of anilines is 2. The molecule has 25 heavy (non-hydrogen) atoms. The lowest BCUT2D eigenvalue weighted by Crippen LogP contribution is -2.44. The topological polar surface area (TPSA) is 78.5 Å². The Morgan fingerprint density at radius 1 is 1.08 bits per heavy atom. The SMILES string of the molecule is CC(=O)Nc1ccc(Br)cc1NC(=O)C1CCCN(C(=O)C2CC2)C1. The zero-order valence-corrected chi connectivity index (χ0v) is 15.8. The first-order valence-electron chi connectivity index (χ1n) is 8.61. The highest BCUT2D eigenvalue weighted by atomic mass is 79.9. The van der Waals surface area contributed by atoms with Gasteiger partial charge in [-0.2, -0.15) is 0 Å². The van der Waals surface area contributed by atoms with Gasteiger partial charge in [-0.1, -0.05) is 15.9 Å². The van der Waals surface area contributed by atoms with Crippen LogP contribution in [-0.2, 0) is 14.4 Å². The van der Waals surface area contributed by atoms with E-state index in [2.05, 4.69) is 26.6 Å². The van der Waals surface area contributed by atoms with Crippen LogP contribution in [0.15, 0.2) is 22.7 Å². The van der Waals surface area contributed by atoms with Crippen LogP contribution in [0.2, 0.25) is 0 Å². The smallest absolute Gasteiger partial charge is 0.229 e. The lowest BCUT2D eigenvalue weighted by Gasteiger charge is -2.32. The van der Waals surface area contributed by atoms with Crippen molar-refractivity contribution in [2.75, 3.05) is 23.7 Å². The standard InChI is InChI=1S/C18H22BrN3O3/c1-11(23)20-15-7-6-14(19)9-16(15)21-17(24)13-3-2-8-22(10-13)18(25)12-4-5-12/h6-7,9,12-13H,2-5,8,10H2,1H3,(H,20,23)(H,21,24). The zero-order chi connectivity index (χ0) is 18.0. The van der Waals surface area contributed by atoms with Gasteiger partial charge in [-0.3, -0.25) is 14.4 Å². The summed E-state index contributed by atoms with van der Waals surface area (Å²) in [6.07, 6.45) is 3.56. The first-order valence-corrected chi connectivity index (χ1v) is 9.40. The molecule has 1 unspecified atom stereocenters. The molecule has 1 saturated heterocycles. The van der Waals surface area contributed by atoms with Crippen LogP contribution in [0.4, 0.5) is 11.4 Å². The van der Waals surface area contributed by atoms with E-state index in [1.165, 1.54) is 6.92 Å². The lowest BCUT2D eigenvalue weighted by molar-refractivity contribution is -0.135. The fourth-order valence-corrected chi connectivity index (χ4v) is 3.49. The van der Waals surface area contributed by atoms with E-state index in [0.29, 0.717) is 17.9 Å². The molecule has 0 spiro atoms. The molecule has 3 rings (SSSR count). The predicted octanol–water partition coefficient (Wildman–Crippen LogP) is 2.99. The Balaban J connectivity index is 1.68. The van der Waals surface area contributed by atoms with E-state index in [1.54, 1.807) is 18.2 Å². The van der Waals surface area contributed by atoms with Crippen LogP contribution in [0.25, 0.3) is 0 Å². The minimum atomic E-state index is -0.222. The number of piperidine rings is 1. The molecule has 2 N–H and O–H groups in total. The number of rotatable bonds is 4. The second kappa shape index (κ2) is 7.56. The van der Waals surface area contributed by atoms with E-state index >= 15 is 0 Å². The van der Waals surface area contributed by atoms with Gasteiger partial charge in [0.2, 0.25) is 17.7 Å². The number of hydrogen-bond acceptors (Lipinski definition) is 3. The highest BCUT2D eigenvalue weighted by molar-refractivity contribution is 9.10. The van der Waals surface area contributed by atoms with E-state index in [-0.39, 0.29) is 29.6 Å². The molecule has 1 saturated carbocycles. The first-order chi connectivity index (χ1) is 11.9. The zero-order valence-electron chi connectivity index (χ0n) is 14.2. The van der Waals surface area contributed by atoms with Crippen molar-refractivity contribution in [3.8, 4) is 0 Å². The maximum Gasteiger partial charge on any atom is 0.229 e. The first kappa shape index (κ1) is 17.9. The van der Waals surface area contributed by atoms with Gasteiger partial charge in [-0.15, -0.1) is 0 Å². The maximum absolute atomic E-state index is 12.7. The maximum atomic E-state index is 12.7. The van der Waals surface area contributed by atoms with Gasteiger partial charge in [-0.05, 0) is 43.9 Å². The van der Waals surface area contributed by atoms with Gasteiger partial charge in [0.15, 0.2) is 0 Å². The van der Waals surface area contributed by atoms with Crippen LogP contribution in [-0.4, -0.2) is 35.7 Å². The summed E-state index contributed by atoms with van der Waals surface area (Å²) in [7, 11) is 0. The Bertz CT molecular complexity index is 703. The molecule has 1 aromatic carbocycles. The van der Waals surface area contributed by atoms with Crippen molar-refractivity contribution in [3.05, 3.63) is 22.7 Å². The van der Waals surface area contributed by atoms with Gasteiger partial charge in [0, 0.05) is 30.4 Å². The number of carbonyl (C=O) groups is 3. The van der Waals surface area contributed by atoms with Crippen molar-refractivity contribution >= 4 is 45.0 Å². The van der Waals surface area contributed by atoms with E-state index in [9.17, 15) is 14.4 Å². The molecule has 0 bridgehead atoms. The van der Waals surface area contributed by atoms with E-state index in [4.69, 9.17) is 0 Å². The molecular formula is C18H22BrN3O3. The summed E-state index contributed by atoms with van der Waals surface area (Å²) in [5.74, 6) is -0.160. The van der Waals surface area contributed by atoms with Crippen LogP contribution in [0.1, 0.15) is 32.6 Å². The lowest BCUT2D eigenvalue weighted by atomic mass is 9.96. The number of amides is 3. The summed E-state index contributed by atoms with van der Waals surface area (Å²) in [5, 5.41) is 5.63. The number of carbonyl (C=O) groups excluding carboxylic acids is 3. The summed E-state index contributed by atoms with van der Waals surface area (Å²) in [6, 6.07) is 5.31. The second-order valence-electron chi connectivity index (χ2n) is 6.76. The van der Waals surface area contributed by atoms with Crippen molar-refractivity contribution < 1.29 is 14.4 Å². The fourth-order valence-electron chi connectivity index (χ4n) is 3.13. The van der Waals surface area contributed by atoms with Gasteiger partial charge in [0.25, 0.3) is 0 Å². The molecule has 134 valence electrons. The number of nitrogens with one attached hydrogen (secondary N) is 2. The normalized spacial score (nSPS) is 20.1. The van der Waals surface area contributed by atoms with Crippen LogP contribution < -0.4 is 10.6 Å². The largest absolute Gasteiger partial charge is 0.342 e. The van der Waals surface area contributed by atoms with Crippen LogP contribution in [0, 0.1) is 11.8 Å². The summed E-state index contributed by atoms with van der Waals surface area (Å²) < 4.78 is 0.811. The monoisotopic (exact) mass is 407 g/mol. The van der Waals surface area contributed by atoms with Gasteiger partial charge in [-0.25, -0.2) is 0 Å². The van der Waals surface area contributed by atoms with Gasteiger partial charge in [0.05, 0.1) is 17.3 Å². The minimum Gasteiger partial charge on any atom is -0.342 e. The molecule has 1 heterocycles. The Hall–Kier alpha value is -1.89. The Labute approximate surface area is 155 Å². The molecule has 1 aliphatic heterocycles. The Morgan fingerprint density at radius 2 is 1.84 bits per heavy atom. The predicted molar refractivity (Wildman–Crippen MR) is 99.1 cm³/mol. The van der Waals surface area contributed by atoms with Gasteiger partial charge < -0.3 is 15.5 Å². The Kier molecular flexibility index (Phi) is 5.42. The molecule has 1 aromatic rings. The highest BCUT2D eigenvalue weighted by Gasteiger charge is 2.36. The molecule has 2 aliphatic rings. The van der Waals surface area contributed by atoms with E-state index in [0.717, 1.165) is 36.7 Å². The average molecular weight is 408 g/mol. The number of likely N-dealkylation sites (tertiary alicyclic amines) is 1. The van der Waals surface area contributed by atoms with Gasteiger partial charge in [0.1, 0.15) is 0 Å². The molecule has 2 fully saturated rings. The third-order valence-electron chi connectivity index (χ3n) is 4.58. The fraction of sp³-hybridized carbons (Fsp3) is 0.500. The minimum absolute atomic E-state index is 0.113. The molecular weight excluding hydrogens is 386 g/mol. The molecule has 3 amide bonds. The summed E-state index contributed by atoms with van der Waals surface area (Å²) in [5.41, 5.74) is 1.12. The van der Waals surface area contributed by atoms with Crippen LogP contribution >= 0.6 is 15.9 Å². The summed E-state index contributed by atoms with van der Waals surface area (Å²) >= 11 is 3.38. The van der Waals surface area contributed by atoms with Crippen LogP contribution in [0.5, 0.6) is 0 Å². The second-order valence-corrected chi connectivity index (χ2v) is 7.67. The molecule has 7 heteroatoms. The van der Waals surface area contributed by atoms with Crippen molar-refractivity contribution in [3.63, 3.8) is 0 Å². The number of nitrogens with zero attached hydrogens (tertiary/aromatic N) is 1. The highest BCUT2D eigenvalue weighted by Crippen LogP contribution is 2.33. The van der Waals surface area contributed by atoms with Crippen LogP contribution in [0.3, 0.4) is 0 Å². The molecule has 6 nitrogen and oxygen atoms in total. The number of benzene rings is 1. The third kappa shape index (κ3) is 4.60. The van der Waals surface area contributed by atoms with Crippen molar-refractivity contribution in [2.45, 2.75) is 32.6 Å². The molecule has 0 radical (unpaired) electrons. The quantitative estimate of drug-likeness (QED) is 0.804. The molecule has 1 atom stereocenters. The van der Waals surface area contributed by atoms with E-state index in [1.807, 2.05) is 4.90 Å². The van der Waals surface area contributed by atoms with Crippen molar-refractivity contribution in [1.29, 1.82) is 0 Å². The van der Waals surface area contributed by atoms with E-state index < -0.39 is 0 Å². The number of hydrogen-bond donors (Lipinski definition) is 2. The van der Waals surface area contributed by atoms with Gasteiger partial charge >= 0.3 is 0 Å². The number of halogens is 1. The summed E-state index contributed by atoms with van der Waals surface area (Å²) in [4.78, 5) is 38.1. The Morgan fingerprint density at radius 3 is 2.52 bits per heavy atom. The van der Waals surface area contributed by atoms with Crippen molar-refractivity contribution in [2.24, 2.45) is 11.8 Å². The van der Waals surface area contributed by atoms with Crippen molar-refractivity contribution in [1.82, 2.24) is 4.90 Å².